The molecule has 0 aliphatic rings. The number of aromatic nitrogens is 1. The lowest BCUT2D eigenvalue weighted by Crippen LogP contribution is -2.01. The Bertz CT molecular complexity index is 823. The second-order valence-electron chi connectivity index (χ2n) is 4.72. The molecule has 0 bridgehead atoms. The molecule has 0 spiro atoms. The van der Waals surface area contributed by atoms with E-state index < -0.39 is 0 Å². The standard InChI is InChI=1S/C17H14N4S/c1-2-12-7-9-13(10-8-12)20-21-15(11-18)17-19-14-5-3-4-6-16(14)22-17/h3-10,20H,2H2,1H3/b21-15+. The first-order valence-electron chi connectivity index (χ1n) is 6.99. The lowest BCUT2D eigenvalue weighted by molar-refractivity contribution is 1.14. The minimum absolute atomic E-state index is 0.292. The Kier molecular flexibility index (Phi) is 4.12. The Balaban J connectivity index is 1.84. The summed E-state index contributed by atoms with van der Waals surface area (Å²) in [5.41, 5.74) is 6.22. The molecule has 5 heteroatoms. The van der Waals surface area contributed by atoms with E-state index in [1.165, 1.54) is 16.9 Å². The Labute approximate surface area is 132 Å². The first-order valence-corrected chi connectivity index (χ1v) is 7.80. The third-order valence-electron chi connectivity index (χ3n) is 3.26. The first kappa shape index (κ1) is 14.2. The third kappa shape index (κ3) is 2.97. The maximum atomic E-state index is 9.31. The van der Waals surface area contributed by atoms with Crippen LogP contribution in [0.25, 0.3) is 10.2 Å². The second-order valence-corrected chi connectivity index (χ2v) is 5.75. The first-order chi connectivity index (χ1) is 10.8. The molecule has 4 nitrogen and oxygen atoms in total. The van der Waals surface area contributed by atoms with Crippen molar-refractivity contribution in [3.8, 4) is 6.07 Å². The number of fused-ring (bicyclic) bond motifs is 1. The van der Waals surface area contributed by atoms with E-state index >= 15 is 0 Å². The lowest BCUT2D eigenvalue weighted by atomic mass is 10.2. The van der Waals surface area contributed by atoms with Crippen molar-refractivity contribution in [2.75, 3.05) is 5.43 Å². The van der Waals surface area contributed by atoms with Gasteiger partial charge in [0.25, 0.3) is 0 Å². The van der Waals surface area contributed by atoms with E-state index in [4.69, 9.17) is 0 Å². The quantitative estimate of drug-likeness (QED) is 0.580. The molecule has 0 aliphatic heterocycles. The van der Waals surface area contributed by atoms with Crippen LogP contribution in [-0.4, -0.2) is 10.7 Å². The molecule has 0 aliphatic carbocycles. The van der Waals surface area contributed by atoms with Crippen LogP contribution in [0.3, 0.4) is 0 Å². The van der Waals surface area contributed by atoms with Crippen molar-refractivity contribution in [3.63, 3.8) is 0 Å². The van der Waals surface area contributed by atoms with Crippen LogP contribution in [0.4, 0.5) is 5.69 Å². The maximum Gasteiger partial charge on any atom is 0.196 e. The highest BCUT2D eigenvalue weighted by atomic mass is 32.1. The molecule has 0 amide bonds. The predicted molar refractivity (Wildman–Crippen MR) is 91.2 cm³/mol. The van der Waals surface area contributed by atoms with Crippen LogP contribution in [0, 0.1) is 11.3 Å². The fourth-order valence-corrected chi connectivity index (χ4v) is 2.93. The number of thiazole rings is 1. The highest BCUT2D eigenvalue weighted by molar-refractivity contribution is 7.20. The number of nitrogens with one attached hydrogen (secondary N) is 1. The number of anilines is 1. The van der Waals surface area contributed by atoms with E-state index in [0.717, 1.165) is 22.3 Å². The molecule has 0 saturated heterocycles. The zero-order valence-corrected chi connectivity index (χ0v) is 12.9. The van der Waals surface area contributed by atoms with E-state index in [0.29, 0.717) is 10.7 Å². The van der Waals surface area contributed by atoms with Gasteiger partial charge in [-0.25, -0.2) is 4.98 Å². The van der Waals surface area contributed by atoms with Gasteiger partial charge in [-0.3, -0.25) is 5.43 Å². The summed E-state index contributed by atoms with van der Waals surface area (Å²) in [4.78, 5) is 4.45. The van der Waals surface area contributed by atoms with Gasteiger partial charge in [0.2, 0.25) is 0 Å². The minimum atomic E-state index is 0.292. The van der Waals surface area contributed by atoms with E-state index in [1.807, 2.05) is 48.5 Å². The third-order valence-corrected chi connectivity index (χ3v) is 4.30. The molecule has 0 radical (unpaired) electrons. The predicted octanol–water partition coefficient (Wildman–Crippen LogP) is 4.20. The summed E-state index contributed by atoms with van der Waals surface area (Å²) in [7, 11) is 0. The molecule has 2 aromatic carbocycles. The average Bonchev–Trinajstić information content (AvgIpc) is 3.00. The summed E-state index contributed by atoms with van der Waals surface area (Å²) in [5.74, 6) is 0. The van der Waals surface area contributed by atoms with Crippen molar-refractivity contribution in [1.29, 1.82) is 5.26 Å². The topological polar surface area (TPSA) is 61.1 Å². The average molecular weight is 306 g/mol. The van der Waals surface area contributed by atoms with E-state index in [1.54, 1.807) is 0 Å². The number of rotatable bonds is 4. The molecule has 108 valence electrons. The van der Waals surface area contributed by atoms with Gasteiger partial charge in [0.05, 0.1) is 15.9 Å². The van der Waals surface area contributed by atoms with Gasteiger partial charge >= 0.3 is 0 Å². The largest absolute Gasteiger partial charge is 0.277 e. The SMILES string of the molecule is CCc1ccc(N/N=C(\C#N)c2nc3ccccc3s2)cc1. The number of hydrazone groups is 1. The van der Waals surface area contributed by atoms with Crippen molar-refractivity contribution >= 4 is 33.0 Å². The molecule has 22 heavy (non-hydrogen) atoms. The molecule has 0 fully saturated rings. The second kappa shape index (κ2) is 6.37. The fourth-order valence-electron chi connectivity index (χ4n) is 2.03. The number of nitrogens with zero attached hydrogens (tertiary/aromatic N) is 3. The van der Waals surface area contributed by atoms with Crippen LogP contribution in [0.1, 0.15) is 17.5 Å². The monoisotopic (exact) mass is 306 g/mol. The number of hydrogen-bond acceptors (Lipinski definition) is 5. The van der Waals surface area contributed by atoms with Gasteiger partial charge in [-0.1, -0.05) is 31.2 Å². The highest BCUT2D eigenvalue weighted by Crippen LogP contribution is 2.22. The van der Waals surface area contributed by atoms with Gasteiger partial charge < -0.3 is 0 Å². The summed E-state index contributed by atoms with van der Waals surface area (Å²) in [6, 6.07) is 17.9. The molecule has 0 saturated carbocycles. The smallest absolute Gasteiger partial charge is 0.196 e. The van der Waals surface area contributed by atoms with E-state index in [-0.39, 0.29) is 0 Å². The van der Waals surface area contributed by atoms with Gasteiger partial charge in [-0.15, -0.1) is 11.3 Å². The zero-order chi connectivity index (χ0) is 15.4. The van der Waals surface area contributed by atoms with Crippen molar-refractivity contribution in [3.05, 3.63) is 59.1 Å². The summed E-state index contributed by atoms with van der Waals surface area (Å²) < 4.78 is 1.05. The number of nitriles is 1. The van der Waals surface area contributed by atoms with E-state index in [9.17, 15) is 5.26 Å². The summed E-state index contributed by atoms with van der Waals surface area (Å²) in [5, 5.41) is 14.1. The van der Waals surface area contributed by atoms with Crippen LogP contribution in [0.5, 0.6) is 0 Å². The molecule has 3 rings (SSSR count). The molecular weight excluding hydrogens is 292 g/mol. The van der Waals surface area contributed by atoms with Gasteiger partial charge in [0.1, 0.15) is 6.07 Å². The van der Waals surface area contributed by atoms with Crippen LogP contribution in [0.2, 0.25) is 0 Å². The lowest BCUT2D eigenvalue weighted by Gasteiger charge is -2.02. The molecule has 3 aromatic rings. The highest BCUT2D eigenvalue weighted by Gasteiger charge is 2.09. The molecule has 0 unspecified atom stereocenters. The van der Waals surface area contributed by atoms with E-state index in [2.05, 4.69) is 28.5 Å². The fraction of sp³-hybridized carbons (Fsp3) is 0.118. The summed E-state index contributed by atoms with van der Waals surface area (Å²) >= 11 is 1.47. The van der Waals surface area contributed by atoms with Gasteiger partial charge in [0.15, 0.2) is 10.7 Å². The Morgan fingerprint density at radius 3 is 2.68 bits per heavy atom. The van der Waals surface area contributed by atoms with Crippen LogP contribution >= 0.6 is 11.3 Å². The van der Waals surface area contributed by atoms with Crippen LogP contribution < -0.4 is 5.43 Å². The normalized spacial score (nSPS) is 11.4. The van der Waals surface area contributed by atoms with Gasteiger partial charge in [0, 0.05) is 0 Å². The van der Waals surface area contributed by atoms with Crippen molar-refractivity contribution in [1.82, 2.24) is 4.98 Å². The Morgan fingerprint density at radius 2 is 2.00 bits per heavy atom. The van der Waals surface area contributed by atoms with Crippen molar-refractivity contribution in [2.45, 2.75) is 13.3 Å². The Morgan fingerprint density at radius 1 is 1.23 bits per heavy atom. The van der Waals surface area contributed by atoms with Gasteiger partial charge in [-0.2, -0.15) is 10.4 Å². The minimum Gasteiger partial charge on any atom is -0.277 e. The molecule has 1 aromatic heterocycles. The van der Waals surface area contributed by atoms with Crippen molar-refractivity contribution in [2.24, 2.45) is 5.10 Å². The summed E-state index contributed by atoms with van der Waals surface area (Å²) in [6.07, 6.45) is 0.999. The molecule has 0 atom stereocenters. The maximum absolute atomic E-state index is 9.31. The number of aryl methyl sites for hydroxylation is 1. The van der Waals surface area contributed by atoms with Crippen LogP contribution in [0.15, 0.2) is 53.6 Å². The Hall–Kier alpha value is -2.71. The zero-order valence-electron chi connectivity index (χ0n) is 12.1. The van der Waals surface area contributed by atoms with Crippen molar-refractivity contribution < 1.29 is 0 Å². The molecule has 1 N–H and O–H groups in total. The van der Waals surface area contributed by atoms with Gasteiger partial charge in [-0.05, 0) is 36.2 Å². The number of para-hydroxylation sites is 1. The summed E-state index contributed by atoms with van der Waals surface area (Å²) in [6.45, 7) is 2.11. The molecule has 1 heterocycles. The molecular formula is C17H14N4S. The van der Waals surface area contributed by atoms with Crippen LogP contribution in [-0.2, 0) is 6.42 Å². The number of hydrogen-bond donors (Lipinski definition) is 1. The number of benzene rings is 2.